The maximum Gasteiger partial charge on any atom is 0.310 e. The zero-order chi connectivity index (χ0) is 24.9. The van der Waals surface area contributed by atoms with Gasteiger partial charge in [-0.1, -0.05) is 53.2 Å². The van der Waals surface area contributed by atoms with Crippen molar-refractivity contribution in [2.75, 3.05) is 6.61 Å². The first-order valence-corrected chi connectivity index (χ1v) is 13.9. The van der Waals surface area contributed by atoms with Crippen LogP contribution in [0.25, 0.3) is 0 Å². The van der Waals surface area contributed by atoms with Gasteiger partial charge in [0.05, 0.1) is 18.1 Å². The number of hydrogen-bond donors (Lipinski definition) is 3. The Bertz CT molecular complexity index is 907. The molecule has 0 aromatic heterocycles. The van der Waals surface area contributed by atoms with Gasteiger partial charge in [-0.3, -0.25) is 4.79 Å². The van der Waals surface area contributed by atoms with Gasteiger partial charge in [-0.05, 0) is 104 Å². The molecule has 0 radical (unpaired) electrons. The molecule has 0 heterocycles. The van der Waals surface area contributed by atoms with E-state index in [-0.39, 0.29) is 34.2 Å². The molecule has 9 atom stereocenters. The number of carboxylic acid groups (broad SMARTS) is 1. The van der Waals surface area contributed by atoms with Gasteiger partial charge in [0.2, 0.25) is 0 Å². The third kappa shape index (κ3) is 2.88. The average Bonchev–Trinajstić information content (AvgIpc) is 2.76. The van der Waals surface area contributed by atoms with Crippen LogP contribution in [0.5, 0.6) is 0 Å². The molecule has 4 saturated carbocycles. The summed E-state index contributed by atoms with van der Waals surface area (Å²) in [6.07, 6.45) is 11.6. The van der Waals surface area contributed by atoms with E-state index in [9.17, 15) is 20.1 Å². The highest BCUT2D eigenvalue weighted by Crippen LogP contribution is 2.75. The molecule has 0 aliphatic heterocycles. The summed E-state index contributed by atoms with van der Waals surface area (Å²) in [5, 5.41) is 31.8. The fraction of sp³-hybridized carbons (Fsp3) is 0.900. The van der Waals surface area contributed by atoms with Crippen molar-refractivity contribution in [3.05, 3.63) is 11.6 Å². The van der Waals surface area contributed by atoms with E-state index >= 15 is 0 Å². The van der Waals surface area contributed by atoms with Gasteiger partial charge >= 0.3 is 5.97 Å². The summed E-state index contributed by atoms with van der Waals surface area (Å²) in [6.45, 7) is 14.3. The van der Waals surface area contributed by atoms with Gasteiger partial charge in [-0.25, -0.2) is 0 Å². The van der Waals surface area contributed by atoms with E-state index in [0.29, 0.717) is 11.8 Å². The minimum atomic E-state index is -0.588. The molecule has 0 amide bonds. The van der Waals surface area contributed by atoms with Crippen LogP contribution in [-0.2, 0) is 4.79 Å². The lowest BCUT2D eigenvalue weighted by molar-refractivity contribution is -0.216. The molecule has 3 N–H and O–H groups in total. The van der Waals surface area contributed by atoms with E-state index in [1.807, 2.05) is 0 Å². The second kappa shape index (κ2) is 7.34. The molecule has 0 saturated heterocycles. The zero-order valence-electron chi connectivity index (χ0n) is 22.4. The Morgan fingerprint density at radius 3 is 2.26 bits per heavy atom. The van der Waals surface area contributed by atoms with Crippen LogP contribution in [0.15, 0.2) is 11.6 Å². The standard InChI is InChI=1S/C30H48O4/c1-25(2)13-15-30(24(33)34)16-14-28(5)19(20(30)17-25)7-8-22-26(3)11-10-23(32)27(4,18-31)21(26)9-12-29(22,28)6/h7,20-23,31-32H,8-18H2,1-6H3,(H,33,34)/t20-,21?,22-,23+,26+,27+,28-,29-,30+/m1/s1. The minimum Gasteiger partial charge on any atom is -0.481 e. The molecule has 4 nitrogen and oxygen atoms in total. The summed E-state index contributed by atoms with van der Waals surface area (Å²) in [5.41, 5.74) is 0.858. The highest BCUT2D eigenvalue weighted by molar-refractivity contribution is 5.76. The molecule has 0 bridgehead atoms. The molecule has 0 aromatic rings. The fourth-order valence-corrected chi connectivity index (χ4v) is 10.7. The van der Waals surface area contributed by atoms with Crippen molar-refractivity contribution < 1.29 is 20.1 Å². The van der Waals surface area contributed by atoms with Crippen LogP contribution < -0.4 is 0 Å². The summed E-state index contributed by atoms with van der Waals surface area (Å²) in [6, 6.07) is 0. The van der Waals surface area contributed by atoms with E-state index in [1.54, 1.807) is 0 Å². The minimum absolute atomic E-state index is 0.0204. The number of aliphatic carboxylic acids is 1. The molecule has 5 aliphatic rings. The maximum absolute atomic E-state index is 12.8. The van der Waals surface area contributed by atoms with E-state index in [4.69, 9.17) is 0 Å². The van der Waals surface area contributed by atoms with E-state index in [0.717, 1.165) is 64.2 Å². The Balaban J connectivity index is 1.60. The predicted molar refractivity (Wildman–Crippen MR) is 134 cm³/mol. The van der Waals surface area contributed by atoms with Gasteiger partial charge in [0, 0.05) is 5.41 Å². The first-order chi connectivity index (χ1) is 15.7. The van der Waals surface area contributed by atoms with Gasteiger partial charge in [-0.2, -0.15) is 0 Å². The van der Waals surface area contributed by atoms with E-state index in [1.165, 1.54) is 5.57 Å². The van der Waals surface area contributed by atoms with Crippen LogP contribution in [0.1, 0.15) is 106 Å². The number of rotatable bonds is 2. The first kappa shape index (κ1) is 24.8. The Morgan fingerprint density at radius 2 is 1.62 bits per heavy atom. The van der Waals surface area contributed by atoms with Crippen LogP contribution in [0.4, 0.5) is 0 Å². The topological polar surface area (TPSA) is 77.8 Å². The van der Waals surface area contributed by atoms with Crippen LogP contribution in [0.3, 0.4) is 0 Å². The van der Waals surface area contributed by atoms with Gasteiger partial charge in [0.25, 0.3) is 0 Å². The summed E-state index contributed by atoms with van der Waals surface area (Å²) in [4.78, 5) is 12.8. The summed E-state index contributed by atoms with van der Waals surface area (Å²) < 4.78 is 0. The summed E-state index contributed by atoms with van der Waals surface area (Å²) in [5.74, 6) is 0.395. The second-order valence-electron chi connectivity index (χ2n) is 14.9. The SMILES string of the molecule is CC1(C)CC[C@]2(C(=O)O)CC[C@]3(C)C(=CC[C@@H]4[C@@]5(C)CC[C@H](O)[C@@](C)(CO)C5CC[C@]43C)[C@H]2C1. The molecule has 5 aliphatic carbocycles. The van der Waals surface area contributed by atoms with Crippen molar-refractivity contribution in [1.82, 2.24) is 0 Å². The second-order valence-corrected chi connectivity index (χ2v) is 14.9. The number of carboxylic acids is 1. The third-order valence-electron chi connectivity index (χ3n) is 13.2. The van der Waals surface area contributed by atoms with Gasteiger partial charge < -0.3 is 15.3 Å². The molecule has 192 valence electrons. The Labute approximate surface area is 206 Å². The molecule has 4 fully saturated rings. The molecular weight excluding hydrogens is 424 g/mol. The van der Waals surface area contributed by atoms with Crippen molar-refractivity contribution in [2.45, 2.75) is 112 Å². The van der Waals surface area contributed by atoms with Crippen molar-refractivity contribution in [2.24, 2.45) is 50.2 Å². The molecule has 0 aromatic carbocycles. The molecule has 34 heavy (non-hydrogen) atoms. The number of aliphatic hydroxyl groups excluding tert-OH is 2. The monoisotopic (exact) mass is 472 g/mol. The summed E-state index contributed by atoms with van der Waals surface area (Å²) >= 11 is 0. The normalized spacial score (nSPS) is 54.1. The van der Waals surface area contributed by atoms with E-state index in [2.05, 4.69) is 47.6 Å². The average molecular weight is 473 g/mol. The number of carbonyl (C=O) groups is 1. The van der Waals surface area contributed by atoms with Crippen molar-refractivity contribution >= 4 is 5.97 Å². The largest absolute Gasteiger partial charge is 0.481 e. The number of allylic oxidation sites excluding steroid dienone is 2. The van der Waals surface area contributed by atoms with Crippen LogP contribution >= 0.6 is 0 Å². The van der Waals surface area contributed by atoms with Crippen molar-refractivity contribution in [3.63, 3.8) is 0 Å². The number of aliphatic hydroxyl groups is 2. The molecule has 0 spiro atoms. The fourth-order valence-electron chi connectivity index (χ4n) is 10.7. The van der Waals surface area contributed by atoms with Crippen molar-refractivity contribution in [1.29, 1.82) is 0 Å². The summed E-state index contributed by atoms with van der Waals surface area (Å²) in [7, 11) is 0. The zero-order valence-corrected chi connectivity index (χ0v) is 22.4. The lowest BCUT2D eigenvalue weighted by Gasteiger charge is -2.71. The molecule has 4 heteroatoms. The van der Waals surface area contributed by atoms with Gasteiger partial charge in [0.15, 0.2) is 0 Å². The smallest absolute Gasteiger partial charge is 0.310 e. The van der Waals surface area contributed by atoms with Gasteiger partial charge in [0.1, 0.15) is 0 Å². The quantitative estimate of drug-likeness (QED) is 0.418. The number of hydrogen-bond acceptors (Lipinski definition) is 3. The molecular formula is C30H48O4. The Hall–Kier alpha value is -0.870. The van der Waals surface area contributed by atoms with Crippen molar-refractivity contribution in [3.8, 4) is 0 Å². The highest BCUT2D eigenvalue weighted by atomic mass is 16.4. The van der Waals surface area contributed by atoms with Crippen LogP contribution in [0.2, 0.25) is 0 Å². The molecule has 5 rings (SSSR count). The van der Waals surface area contributed by atoms with Crippen LogP contribution in [0, 0.1) is 50.2 Å². The predicted octanol–water partition coefficient (Wildman–Crippen LogP) is 6.21. The van der Waals surface area contributed by atoms with E-state index < -0.39 is 22.9 Å². The van der Waals surface area contributed by atoms with Crippen LogP contribution in [-0.4, -0.2) is 34.0 Å². The number of fused-ring (bicyclic) bond motifs is 7. The first-order valence-electron chi connectivity index (χ1n) is 13.9. The lowest BCUT2D eigenvalue weighted by atomic mass is 9.33. The Kier molecular flexibility index (Phi) is 5.36. The van der Waals surface area contributed by atoms with Gasteiger partial charge in [-0.15, -0.1) is 0 Å². The maximum atomic E-state index is 12.8. The molecule has 1 unspecified atom stereocenters. The Morgan fingerprint density at radius 1 is 0.941 bits per heavy atom. The third-order valence-corrected chi connectivity index (χ3v) is 13.2. The highest BCUT2D eigenvalue weighted by Gasteiger charge is 2.69. The lowest BCUT2D eigenvalue weighted by Crippen LogP contribution is -2.65.